The highest BCUT2D eigenvalue weighted by molar-refractivity contribution is 4.68. The van der Waals surface area contributed by atoms with Gasteiger partial charge in [-0.3, -0.25) is 0 Å². The minimum atomic E-state index is -0.0953. The quantitative estimate of drug-likeness (QED) is 0.665. The van der Waals surface area contributed by atoms with E-state index in [0.29, 0.717) is 11.8 Å². The van der Waals surface area contributed by atoms with E-state index in [-0.39, 0.29) is 6.10 Å². The Bertz CT molecular complexity index is 197. The van der Waals surface area contributed by atoms with Crippen LogP contribution in [0, 0.1) is 17.8 Å². The maximum atomic E-state index is 10.1. The van der Waals surface area contributed by atoms with Crippen LogP contribution in [0.1, 0.15) is 65.7 Å². The highest BCUT2D eigenvalue weighted by Crippen LogP contribution is 2.23. The molecule has 1 N–H and O–H groups in total. The Balaban J connectivity index is 2.02. The number of unbranched alkanes of at least 4 members (excludes halogenated alkanes) is 1. The van der Waals surface area contributed by atoms with Crippen molar-refractivity contribution in [3.05, 3.63) is 0 Å². The normalized spacial score (nSPS) is 21.2. The summed E-state index contributed by atoms with van der Waals surface area (Å²) in [6.45, 7) is 8.56. The van der Waals surface area contributed by atoms with E-state index in [1.807, 2.05) is 0 Å². The van der Waals surface area contributed by atoms with Crippen LogP contribution in [0.25, 0.3) is 0 Å². The van der Waals surface area contributed by atoms with Crippen molar-refractivity contribution in [2.24, 2.45) is 17.8 Å². The van der Waals surface area contributed by atoms with Crippen LogP contribution in [0.4, 0.5) is 0 Å². The van der Waals surface area contributed by atoms with Gasteiger partial charge in [-0.05, 0) is 43.4 Å². The van der Waals surface area contributed by atoms with Gasteiger partial charge in [-0.15, -0.1) is 0 Å². The van der Waals surface area contributed by atoms with E-state index >= 15 is 0 Å². The molecule has 2 nitrogen and oxygen atoms in total. The summed E-state index contributed by atoms with van der Waals surface area (Å²) >= 11 is 0. The van der Waals surface area contributed by atoms with Gasteiger partial charge in [0.1, 0.15) is 0 Å². The Morgan fingerprint density at radius 1 is 1.11 bits per heavy atom. The molecule has 0 aromatic rings. The number of aliphatic hydroxyl groups is 1. The molecule has 0 saturated carbocycles. The second-order valence-electron chi connectivity index (χ2n) is 6.51. The molecule has 0 aromatic heterocycles. The van der Waals surface area contributed by atoms with Crippen molar-refractivity contribution in [1.82, 2.24) is 0 Å². The first-order chi connectivity index (χ1) is 8.59. The maximum absolute atomic E-state index is 10.1. The fourth-order valence-electron chi connectivity index (χ4n) is 3.01. The second kappa shape index (κ2) is 8.92. The molecule has 0 bridgehead atoms. The van der Waals surface area contributed by atoms with Crippen LogP contribution in [-0.4, -0.2) is 24.4 Å². The average Bonchev–Trinajstić information content (AvgIpc) is 2.34. The smallest absolute Gasteiger partial charge is 0.0565 e. The monoisotopic (exact) mass is 256 g/mol. The third-order valence-corrected chi connectivity index (χ3v) is 4.20. The fraction of sp³-hybridized carbons (Fsp3) is 1.00. The molecule has 1 aliphatic rings. The van der Waals surface area contributed by atoms with Crippen LogP contribution in [0.3, 0.4) is 0 Å². The van der Waals surface area contributed by atoms with E-state index in [4.69, 9.17) is 4.74 Å². The first-order valence-electron chi connectivity index (χ1n) is 7.85. The molecule has 0 amide bonds. The third-order valence-electron chi connectivity index (χ3n) is 4.20. The van der Waals surface area contributed by atoms with Crippen LogP contribution < -0.4 is 0 Å². The Kier molecular flexibility index (Phi) is 7.92. The molecule has 0 aromatic carbocycles. The Morgan fingerprint density at radius 3 is 2.39 bits per heavy atom. The molecule has 0 radical (unpaired) electrons. The van der Waals surface area contributed by atoms with Crippen LogP contribution in [0.5, 0.6) is 0 Å². The molecule has 108 valence electrons. The lowest BCUT2D eigenvalue weighted by molar-refractivity contribution is 0.0614. The number of hydrogen-bond donors (Lipinski definition) is 1. The van der Waals surface area contributed by atoms with E-state index in [2.05, 4.69) is 20.8 Å². The molecule has 1 fully saturated rings. The summed E-state index contributed by atoms with van der Waals surface area (Å²) in [6.07, 6.45) is 8.30. The van der Waals surface area contributed by atoms with Gasteiger partial charge < -0.3 is 9.84 Å². The van der Waals surface area contributed by atoms with E-state index in [1.54, 1.807) is 0 Å². The van der Waals surface area contributed by atoms with Crippen LogP contribution in [0.2, 0.25) is 0 Å². The summed E-state index contributed by atoms with van der Waals surface area (Å²) in [5.41, 5.74) is 0. The zero-order valence-corrected chi connectivity index (χ0v) is 12.5. The first-order valence-corrected chi connectivity index (χ1v) is 7.85. The third kappa shape index (κ3) is 6.75. The maximum Gasteiger partial charge on any atom is 0.0565 e. The zero-order chi connectivity index (χ0) is 13.4. The average molecular weight is 256 g/mol. The predicted molar refractivity (Wildman–Crippen MR) is 76.6 cm³/mol. The standard InChI is InChI=1S/C16H32O2/c1-13(2)12-14(3)16(17)7-5-4-6-15-8-10-18-11-9-15/h13-17H,4-12H2,1-3H3. The summed E-state index contributed by atoms with van der Waals surface area (Å²) in [6, 6.07) is 0. The number of hydrogen-bond acceptors (Lipinski definition) is 2. The first kappa shape index (κ1) is 16.0. The second-order valence-corrected chi connectivity index (χ2v) is 6.51. The Hall–Kier alpha value is -0.0800. The largest absolute Gasteiger partial charge is 0.393 e. The van der Waals surface area contributed by atoms with E-state index in [1.165, 1.54) is 32.1 Å². The molecular weight excluding hydrogens is 224 g/mol. The lowest BCUT2D eigenvalue weighted by atomic mass is 9.89. The Morgan fingerprint density at radius 2 is 1.78 bits per heavy atom. The fourth-order valence-corrected chi connectivity index (χ4v) is 3.01. The molecule has 1 aliphatic heterocycles. The summed E-state index contributed by atoms with van der Waals surface area (Å²) in [5.74, 6) is 2.02. The van der Waals surface area contributed by atoms with Gasteiger partial charge in [-0.1, -0.05) is 40.0 Å². The summed E-state index contributed by atoms with van der Waals surface area (Å²) in [4.78, 5) is 0. The van der Waals surface area contributed by atoms with Crippen molar-refractivity contribution in [3.8, 4) is 0 Å². The lowest BCUT2D eigenvalue weighted by Gasteiger charge is -2.23. The molecular formula is C16H32O2. The lowest BCUT2D eigenvalue weighted by Crippen LogP contribution is -2.19. The van der Waals surface area contributed by atoms with Gasteiger partial charge in [0.15, 0.2) is 0 Å². The molecule has 0 aliphatic carbocycles. The van der Waals surface area contributed by atoms with Gasteiger partial charge >= 0.3 is 0 Å². The van der Waals surface area contributed by atoms with Crippen molar-refractivity contribution in [2.75, 3.05) is 13.2 Å². The highest BCUT2D eigenvalue weighted by Gasteiger charge is 2.16. The van der Waals surface area contributed by atoms with Crippen LogP contribution >= 0.6 is 0 Å². The van der Waals surface area contributed by atoms with Gasteiger partial charge in [0.25, 0.3) is 0 Å². The topological polar surface area (TPSA) is 29.5 Å². The number of rotatable bonds is 8. The van der Waals surface area contributed by atoms with Gasteiger partial charge in [0.2, 0.25) is 0 Å². The number of aliphatic hydroxyl groups excluding tert-OH is 1. The van der Waals surface area contributed by atoms with E-state index in [9.17, 15) is 5.11 Å². The van der Waals surface area contributed by atoms with E-state index < -0.39 is 0 Å². The zero-order valence-electron chi connectivity index (χ0n) is 12.5. The SMILES string of the molecule is CC(C)CC(C)C(O)CCCCC1CCOCC1. The molecule has 0 spiro atoms. The predicted octanol–water partition coefficient (Wildman–Crippen LogP) is 4.02. The highest BCUT2D eigenvalue weighted by atomic mass is 16.5. The molecule has 2 atom stereocenters. The van der Waals surface area contributed by atoms with Gasteiger partial charge in [0, 0.05) is 13.2 Å². The van der Waals surface area contributed by atoms with Crippen molar-refractivity contribution in [3.63, 3.8) is 0 Å². The van der Waals surface area contributed by atoms with Crippen molar-refractivity contribution >= 4 is 0 Å². The molecule has 2 heteroatoms. The number of ether oxygens (including phenoxy) is 1. The summed E-state index contributed by atoms with van der Waals surface area (Å²) in [5, 5.41) is 10.1. The van der Waals surface area contributed by atoms with Gasteiger partial charge in [-0.25, -0.2) is 0 Å². The molecule has 2 unspecified atom stereocenters. The molecule has 1 saturated heterocycles. The van der Waals surface area contributed by atoms with Crippen molar-refractivity contribution < 1.29 is 9.84 Å². The molecule has 1 rings (SSSR count). The summed E-state index contributed by atoms with van der Waals surface area (Å²) in [7, 11) is 0. The van der Waals surface area contributed by atoms with Gasteiger partial charge in [0.05, 0.1) is 6.10 Å². The van der Waals surface area contributed by atoms with E-state index in [0.717, 1.165) is 32.0 Å². The minimum absolute atomic E-state index is 0.0953. The molecule has 18 heavy (non-hydrogen) atoms. The van der Waals surface area contributed by atoms with Crippen LogP contribution in [-0.2, 0) is 4.74 Å². The molecule has 1 heterocycles. The van der Waals surface area contributed by atoms with Crippen LogP contribution in [0.15, 0.2) is 0 Å². The van der Waals surface area contributed by atoms with Crippen molar-refractivity contribution in [1.29, 1.82) is 0 Å². The Labute approximate surface area is 113 Å². The summed E-state index contributed by atoms with van der Waals surface area (Å²) < 4.78 is 5.37. The van der Waals surface area contributed by atoms with Gasteiger partial charge in [-0.2, -0.15) is 0 Å². The minimum Gasteiger partial charge on any atom is -0.393 e. The van der Waals surface area contributed by atoms with Crippen molar-refractivity contribution in [2.45, 2.75) is 71.8 Å².